The van der Waals surface area contributed by atoms with Crippen molar-refractivity contribution in [2.75, 3.05) is 6.54 Å². The van der Waals surface area contributed by atoms with Gasteiger partial charge in [0.2, 0.25) is 0 Å². The number of aromatic nitrogens is 1. The maximum absolute atomic E-state index is 13.0. The number of halogens is 1. The minimum absolute atomic E-state index is 0.105. The molecule has 1 N–H and O–H groups in total. The number of likely N-dealkylation sites (N-methyl/N-ethyl adjacent to an activating group) is 1. The highest BCUT2D eigenvalue weighted by atomic mass is 32.1. The molecule has 4 heteroatoms. The summed E-state index contributed by atoms with van der Waals surface area (Å²) in [4.78, 5) is 4.22. The normalized spacial score (nSPS) is 12.7. The molecule has 0 aliphatic carbocycles. The van der Waals surface area contributed by atoms with Gasteiger partial charge >= 0.3 is 0 Å². The molecule has 0 radical (unpaired) electrons. The van der Waals surface area contributed by atoms with Crippen molar-refractivity contribution in [2.45, 2.75) is 19.4 Å². The number of pyridine rings is 1. The van der Waals surface area contributed by atoms with Crippen molar-refractivity contribution in [1.82, 2.24) is 10.3 Å². The van der Waals surface area contributed by atoms with E-state index in [2.05, 4.69) is 46.9 Å². The van der Waals surface area contributed by atoms with E-state index < -0.39 is 0 Å². The van der Waals surface area contributed by atoms with E-state index in [1.54, 1.807) is 17.4 Å². The second kappa shape index (κ2) is 6.33. The third-order valence-electron chi connectivity index (χ3n) is 3.54. The van der Waals surface area contributed by atoms with Gasteiger partial charge in [-0.25, -0.2) is 4.39 Å². The third kappa shape index (κ3) is 3.12. The van der Waals surface area contributed by atoms with Gasteiger partial charge in [-0.05, 0) is 47.5 Å². The van der Waals surface area contributed by atoms with Crippen LogP contribution in [0.3, 0.4) is 0 Å². The predicted molar refractivity (Wildman–Crippen MR) is 86.1 cm³/mol. The van der Waals surface area contributed by atoms with Gasteiger partial charge in [-0.15, -0.1) is 11.3 Å². The molecule has 3 rings (SSSR count). The third-order valence-corrected chi connectivity index (χ3v) is 4.56. The summed E-state index contributed by atoms with van der Waals surface area (Å²) in [5.74, 6) is -0.296. The molecule has 0 aliphatic heterocycles. The molecule has 1 unspecified atom stereocenters. The Labute approximate surface area is 127 Å². The first kappa shape index (κ1) is 14.2. The molecule has 1 aromatic carbocycles. The first-order valence-electron chi connectivity index (χ1n) is 7.08. The van der Waals surface area contributed by atoms with E-state index in [4.69, 9.17) is 0 Å². The largest absolute Gasteiger partial charge is 0.309 e. The zero-order valence-corrected chi connectivity index (χ0v) is 12.7. The maximum atomic E-state index is 13.0. The maximum Gasteiger partial charge on any atom is 0.141 e. The van der Waals surface area contributed by atoms with Gasteiger partial charge < -0.3 is 5.32 Å². The van der Waals surface area contributed by atoms with Gasteiger partial charge in [0.15, 0.2) is 0 Å². The summed E-state index contributed by atoms with van der Waals surface area (Å²) in [7, 11) is 0. The first-order chi connectivity index (χ1) is 10.3. The first-order valence-corrected chi connectivity index (χ1v) is 7.96. The Morgan fingerprint density at radius 3 is 2.86 bits per heavy atom. The van der Waals surface area contributed by atoms with E-state index in [0.717, 1.165) is 18.7 Å². The Bertz CT molecular complexity index is 721. The van der Waals surface area contributed by atoms with Crippen molar-refractivity contribution >= 4 is 21.4 Å². The lowest BCUT2D eigenvalue weighted by Crippen LogP contribution is -2.23. The number of fused-ring (bicyclic) bond motifs is 1. The van der Waals surface area contributed by atoms with E-state index >= 15 is 0 Å². The molecule has 0 saturated carbocycles. The van der Waals surface area contributed by atoms with Crippen LogP contribution in [0.4, 0.5) is 4.39 Å². The molecular formula is C17H17FN2S. The fraction of sp³-hybridized carbons (Fsp3) is 0.235. The second-order valence-electron chi connectivity index (χ2n) is 4.97. The van der Waals surface area contributed by atoms with Crippen LogP contribution in [0.15, 0.2) is 48.0 Å². The lowest BCUT2D eigenvalue weighted by molar-refractivity contribution is 0.533. The van der Waals surface area contributed by atoms with Gasteiger partial charge in [0, 0.05) is 4.70 Å². The van der Waals surface area contributed by atoms with Crippen LogP contribution >= 0.6 is 11.3 Å². The molecule has 0 saturated heterocycles. The number of nitrogens with zero attached hydrogens (tertiary/aromatic N) is 1. The van der Waals surface area contributed by atoms with Crippen LogP contribution in [0.2, 0.25) is 0 Å². The Balaban J connectivity index is 1.89. The zero-order valence-electron chi connectivity index (χ0n) is 11.8. The van der Waals surface area contributed by atoms with E-state index in [1.165, 1.54) is 27.9 Å². The van der Waals surface area contributed by atoms with Crippen LogP contribution in [-0.2, 0) is 6.42 Å². The fourth-order valence-electron chi connectivity index (χ4n) is 2.53. The summed E-state index contributed by atoms with van der Waals surface area (Å²) in [6.07, 6.45) is 2.14. The second-order valence-corrected chi connectivity index (χ2v) is 5.88. The predicted octanol–water partition coefficient (Wildman–Crippen LogP) is 4.33. The van der Waals surface area contributed by atoms with E-state index in [1.807, 2.05) is 0 Å². The molecule has 0 fully saturated rings. The fourth-order valence-corrected chi connectivity index (χ4v) is 3.51. The van der Waals surface area contributed by atoms with Crippen molar-refractivity contribution in [2.24, 2.45) is 0 Å². The Kier molecular flexibility index (Phi) is 4.27. The number of hydrogen-bond donors (Lipinski definition) is 1. The van der Waals surface area contributed by atoms with Crippen molar-refractivity contribution in [3.05, 3.63) is 65.0 Å². The summed E-state index contributed by atoms with van der Waals surface area (Å²) in [5.41, 5.74) is 2.20. The Hall–Kier alpha value is -1.78. The molecule has 3 aromatic rings. The summed E-state index contributed by atoms with van der Waals surface area (Å²) in [6, 6.07) is 11.8. The molecule has 2 nitrogen and oxygen atoms in total. The number of thiophene rings is 1. The number of nitrogens with one attached hydrogen (secondary N) is 1. The minimum atomic E-state index is -0.296. The highest BCUT2D eigenvalue weighted by Crippen LogP contribution is 2.29. The van der Waals surface area contributed by atoms with Crippen molar-refractivity contribution in [1.29, 1.82) is 0 Å². The quantitative estimate of drug-likeness (QED) is 0.758. The van der Waals surface area contributed by atoms with Crippen molar-refractivity contribution in [3.63, 3.8) is 0 Å². The van der Waals surface area contributed by atoms with Gasteiger partial charge in [-0.3, -0.25) is 4.98 Å². The topological polar surface area (TPSA) is 24.9 Å². The van der Waals surface area contributed by atoms with Crippen LogP contribution in [0.25, 0.3) is 10.1 Å². The summed E-state index contributed by atoms with van der Waals surface area (Å²) in [6.45, 7) is 2.92. The van der Waals surface area contributed by atoms with Gasteiger partial charge in [0.25, 0.3) is 0 Å². The van der Waals surface area contributed by atoms with E-state index in [9.17, 15) is 4.39 Å². The molecule has 2 aromatic heterocycles. The summed E-state index contributed by atoms with van der Waals surface area (Å²) in [5, 5.41) is 6.95. The molecule has 1 atom stereocenters. The van der Waals surface area contributed by atoms with Crippen molar-refractivity contribution in [3.8, 4) is 0 Å². The van der Waals surface area contributed by atoms with E-state index in [-0.39, 0.29) is 11.9 Å². The Morgan fingerprint density at radius 2 is 2.10 bits per heavy atom. The van der Waals surface area contributed by atoms with Crippen LogP contribution in [0.1, 0.15) is 24.2 Å². The van der Waals surface area contributed by atoms with Crippen molar-refractivity contribution < 1.29 is 4.39 Å². The lowest BCUT2D eigenvalue weighted by Gasteiger charge is -2.17. The van der Waals surface area contributed by atoms with Crippen LogP contribution in [-0.4, -0.2) is 11.5 Å². The number of hydrogen-bond acceptors (Lipinski definition) is 3. The smallest absolute Gasteiger partial charge is 0.141 e. The molecule has 0 bridgehead atoms. The van der Waals surface area contributed by atoms with Crippen LogP contribution < -0.4 is 5.32 Å². The van der Waals surface area contributed by atoms with Crippen LogP contribution in [0, 0.1) is 5.82 Å². The average molecular weight is 300 g/mol. The molecule has 0 amide bonds. The van der Waals surface area contributed by atoms with Gasteiger partial charge in [0.1, 0.15) is 5.82 Å². The Morgan fingerprint density at radius 1 is 1.24 bits per heavy atom. The van der Waals surface area contributed by atoms with Gasteiger partial charge in [-0.2, -0.15) is 0 Å². The molecular weight excluding hydrogens is 283 g/mol. The monoisotopic (exact) mass is 300 g/mol. The highest BCUT2D eigenvalue weighted by molar-refractivity contribution is 7.17. The van der Waals surface area contributed by atoms with Gasteiger partial charge in [-0.1, -0.05) is 25.1 Å². The molecule has 21 heavy (non-hydrogen) atoms. The zero-order chi connectivity index (χ0) is 14.7. The minimum Gasteiger partial charge on any atom is -0.309 e. The summed E-state index contributed by atoms with van der Waals surface area (Å²) >= 11 is 1.76. The number of benzene rings is 1. The molecule has 0 aliphatic rings. The highest BCUT2D eigenvalue weighted by Gasteiger charge is 2.15. The SMILES string of the molecule is CCNC(Cc1csc2ccccc12)c1ccc(F)cn1. The molecule has 0 spiro atoms. The standard InChI is InChI=1S/C17H17FN2S/c1-2-19-16(15-8-7-13(18)10-20-15)9-12-11-21-17-6-4-3-5-14(12)17/h3-8,10-11,16,19H,2,9H2,1H3. The lowest BCUT2D eigenvalue weighted by atomic mass is 10.0. The molecule has 108 valence electrons. The van der Waals surface area contributed by atoms with Crippen LogP contribution in [0.5, 0.6) is 0 Å². The average Bonchev–Trinajstić information content (AvgIpc) is 2.91. The van der Waals surface area contributed by atoms with E-state index in [0.29, 0.717) is 0 Å². The number of rotatable bonds is 5. The summed E-state index contributed by atoms with van der Waals surface area (Å²) < 4.78 is 14.3. The van der Waals surface area contributed by atoms with Gasteiger partial charge in [0.05, 0.1) is 17.9 Å². The molecule has 2 heterocycles.